The van der Waals surface area contributed by atoms with Gasteiger partial charge in [0.15, 0.2) is 0 Å². The molecule has 0 saturated heterocycles. The Morgan fingerprint density at radius 2 is 2.19 bits per heavy atom. The molecule has 0 saturated carbocycles. The van der Waals surface area contributed by atoms with Crippen molar-refractivity contribution in [1.82, 2.24) is 4.72 Å². The molecule has 0 bridgehead atoms. The molecule has 1 atom stereocenters. The largest absolute Gasteiger partial charge is 0.395 e. The molecule has 0 aliphatic heterocycles. The minimum atomic E-state index is -3.64. The van der Waals surface area contributed by atoms with Crippen LogP contribution in [-0.4, -0.2) is 38.2 Å². The zero-order valence-electron chi connectivity index (χ0n) is 11.9. The quantitative estimate of drug-likeness (QED) is 0.773. The molecule has 2 N–H and O–H groups in total. The van der Waals surface area contributed by atoms with Gasteiger partial charge in [-0.2, -0.15) is 11.8 Å². The predicted octanol–water partition coefficient (Wildman–Crippen LogP) is 2.10. The number of rotatable bonds is 6. The van der Waals surface area contributed by atoms with Crippen LogP contribution in [0.25, 0.3) is 0 Å². The average molecular weight is 348 g/mol. The molecule has 4 nitrogen and oxygen atoms in total. The van der Waals surface area contributed by atoms with Crippen LogP contribution in [0, 0.1) is 11.8 Å². The molecule has 0 spiro atoms. The fraction of sp³-hybridized carbons (Fsp3) is 0.429. The highest BCUT2D eigenvalue weighted by molar-refractivity contribution is 7.98. The number of sulfonamides is 1. The van der Waals surface area contributed by atoms with Crippen molar-refractivity contribution in [2.75, 3.05) is 18.6 Å². The lowest BCUT2D eigenvalue weighted by atomic mass is 10.2. The van der Waals surface area contributed by atoms with Crippen molar-refractivity contribution >= 4 is 33.4 Å². The number of aliphatic hydroxyl groups is 1. The summed E-state index contributed by atoms with van der Waals surface area (Å²) in [7, 11) is -3.64. The first-order chi connectivity index (χ1) is 9.90. The molecule has 0 radical (unpaired) electrons. The average Bonchev–Trinajstić information content (AvgIpc) is 2.38. The van der Waals surface area contributed by atoms with E-state index in [1.54, 1.807) is 24.8 Å². The second kappa shape index (κ2) is 8.66. The summed E-state index contributed by atoms with van der Waals surface area (Å²) in [5.41, 5.74) is 0.615. The van der Waals surface area contributed by atoms with E-state index in [4.69, 9.17) is 16.7 Å². The van der Waals surface area contributed by atoms with Crippen LogP contribution < -0.4 is 4.72 Å². The number of benzene rings is 1. The predicted molar refractivity (Wildman–Crippen MR) is 88.2 cm³/mol. The van der Waals surface area contributed by atoms with E-state index < -0.39 is 10.0 Å². The molecular weight excluding hydrogens is 330 g/mol. The molecule has 7 heteroatoms. The van der Waals surface area contributed by atoms with Crippen molar-refractivity contribution in [3.63, 3.8) is 0 Å². The molecule has 21 heavy (non-hydrogen) atoms. The summed E-state index contributed by atoms with van der Waals surface area (Å²) in [5.74, 6) is 6.25. The summed E-state index contributed by atoms with van der Waals surface area (Å²) >= 11 is 7.61. The number of hydrogen-bond acceptors (Lipinski definition) is 4. The van der Waals surface area contributed by atoms with Gasteiger partial charge in [0.2, 0.25) is 10.0 Å². The van der Waals surface area contributed by atoms with Crippen LogP contribution >= 0.6 is 23.4 Å². The van der Waals surface area contributed by atoms with Crippen LogP contribution in [0.3, 0.4) is 0 Å². The molecule has 0 aromatic heterocycles. The van der Waals surface area contributed by atoms with E-state index in [1.807, 2.05) is 6.26 Å². The Hall–Kier alpha value is -0.710. The van der Waals surface area contributed by atoms with Gasteiger partial charge in [0.1, 0.15) is 4.90 Å². The fourth-order valence-corrected chi connectivity index (χ4v) is 4.11. The molecule has 0 fully saturated rings. The molecule has 1 aromatic carbocycles. The monoisotopic (exact) mass is 347 g/mol. The van der Waals surface area contributed by atoms with Gasteiger partial charge in [-0.1, -0.05) is 23.4 Å². The SMILES string of the molecule is CSCC(C)NS(=O)(=O)c1ccc(C#CCCO)cc1Cl. The van der Waals surface area contributed by atoms with Gasteiger partial charge in [-0.25, -0.2) is 13.1 Å². The minimum Gasteiger partial charge on any atom is -0.395 e. The van der Waals surface area contributed by atoms with Crippen molar-refractivity contribution in [2.24, 2.45) is 0 Å². The van der Waals surface area contributed by atoms with E-state index in [1.165, 1.54) is 12.1 Å². The lowest BCUT2D eigenvalue weighted by molar-refractivity contribution is 0.305. The van der Waals surface area contributed by atoms with Crippen LogP contribution in [0.2, 0.25) is 5.02 Å². The highest BCUT2D eigenvalue weighted by Gasteiger charge is 2.20. The van der Waals surface area contributed by atoms with Crippen LogP contribution in [0.5, 0.6) is 0 Å². The number of hydrogen-bond donors (Lipinski definition) is 2. The third-order valence-corrected chi connectivity index (χ3v) is 5.37. The zero-order chi connectivity index (χ0) is 15.9. The molecule has 0 aliphatic carbocycles. The lowest BCUT2D eigenvalue weighted by Gasteiger charge is -2.14. The van der Waals surface area contributed by atoms with Gasteiger partial charge < -0.3 is 5.11 Å². The summed E-state index contributed by atoms with van der Waals surface area (Å²) in [5, 5.41) is 8.79. The van der Waals surface area contributed by atoms with Gasteiger partial charge >= 0.3 is 0 Å². The zero-order valence-corrected chi connectivity index (χ0v) is 14.3. The fourth-order valence-electron chi connectivity index (χ4n) is 1.63. The molecule has 1 unspecified atom stereocenters. The number of nitrogens with one attached hydrogen (secondary N) is 1. The summed E-state index contributed by atoms with van der Waals surface area (Å²) in [6.07, 6.45) is 2.28. The smallest absolute Gasteiger partial charge is 0.242 e. The normalized spacial score (nSPS) is 12.6. The molecular formula is C14H18ClNO3S2. The maximum absolute atomic E-state index is 12.2. The van der Waals surface area contributed by atoms with Crippen molar-refractivity contribution in [2.45, 2.75) is 24.3 Å². The summed E-state index contributed by atoms with van der Waals surface area (Å²) in [6, 6.07) is 4.38. The number of aliphatic hydroxyl groups excluding tert-OH is 1. The molecule has 1 aromatic rings. The molecule has 116 valence electrons. The van der Waals surface area contributed by atoms with E-state index in [2.05, 4.69) is 16.6 Å². The van der Waals surface area contributed by atoms with Crippen LogP contribution in [-0.2, 0) is 10.0 Å². The van der Waals surface area contributed by atoms with Crippen LogP contribution in [0.15, 0.2) is 23.1 Å². The van der Waals surface area contributed by atoms with Crippen molar-refractivity contribution in [3.05, 3.63) is 28.8 Å². The number of halogens is 1. The lowest BCUT2D eigenvalue weighted by Crippen LogP contribution is -2.34. The van der Waals surface area contributed by atoms with Crippen LogP contribution in [0.4, 0.5) is 0 Å². The number of thioether (sulfide) groups is 1. The molecule has 0 aliphatic rings. The standard InChI is InChI=1S/C14H18ClNO3S2/c1-11(10-20-2)16-21(18,19)14-7-6-12(9-13(14)15)5-3-4-8-17/h6-7,9,11,16-17H,4,8,10H2,1-2H3. The Labute approximate surface area is 135 Å². The van der Waals surface area contributed by atoms with Gasteiger partial charge in [0, 0.05) is 23.8 Å². The van der Waals surface area contributed by atoms with Gasteiger partial charge in [0.05, 0.1) is 11.6 Å². The van der Waals surface area contributed by atoms with Crippen LogP contribution in [0.1, 0.15) is 18.9 Å². The van der Waals surface area contributed by atoms with Gasteiger partial charge in [-0.05, 0) is 31.4 Å². The van der Waals surface area contributed by atoms with Gasteiger partial charge in [-0.3, -0.25) is 0 Å². The third kappa shape index (κ3) is 5.89. The maximum Gasteiger partial charge on any atom is 0.242 e. The summed E-state index contributed by atoms with van der Waals surface area (Å²) in [4.78, 5) is 0.0461. The van der Waals surface area contributed by atoms with Crippen molar-refractivity contribution in [3.8, 4) is 11.8 Å². The first kappa shape index (κ1) is 18.3. The Morgan fingerprint density at radius 3 is 2.76 bits per heavy atom. The van der Waals surface area contributed by atoms with Gasteiger partial charge in [-0.15, -0.1) is 0 Å². The van der Waals surface area contributed by atoms with E-state index in [9.17, 15) is 8.42 Å². The summed E-state index contributed by atoms with van der Waals surface area (Å²) in [6.45, 7) is 1.79. The molecule has 1 rings (SSSR count). The first-order valence-corrected chi connectivity index (χ1v) is 9.56. The third-order valence-electron chi connectivity index (χ3n) is 2.46. The minimum absolute atomic E-state index is 0.00948. The van der Waals surface area contributed by atoms with Crippen molar-refractivity contribution in [1.29, 1.82) is 0 Å². The first-order valence-electron chi connectivity index (χ1n) is 6.31. The molecule has 0 amide bonds. The van der Waals surface area contributed by atoms with E-state index in [0.29, 0.717) is 17.7 Å². The van der Waals surface area contributed by atoms with E-state index in [-0.39, 0.29) is 22.6 Å². The van der Waals surface area contributed by atoms with E-state index in [0.717, 1.165) is 0 Å². The Bertz CT molecular complexity index is 635. The highest BCUT2D eigenvalue weighted by Crippen LogP contribution is 2.22. The second-order valence-corrected chi connectivity index (χ2v) is 7.40. The molecule has 0 heterocycles. The van der Waals surface area contributed by atoms with E-state index >= 15 is 0 Å². The topological polar surface area (TPSA) is 66.4 Å². The maximum atomic E-state index is 12.2. The Balaban J connectivity index is 2.96. The second-order valence-electron chi connectivity index (χ2n) is 4.40. The van der Waals surface area contributed by atoms with Crippen molar-refractivity contribution < 1.29 is 13.5 Å². The Morgan fingerprint density at radius 1 is 1.48 bits per heavy atom. The highest BCUT2D eigenvalue weighted by atomic mass is 35.5. The summed E-state index contributed by atoms with van der Waals surface area (Å²) < 4.78 is 27.1. The Kier molecular flexibility index (Phi) is 7.57. The van der Waals surface area contributed by atoms with Gasteiger partial charge in [0.25, 0.3) is 0 Å².